The number of fused-ring (bicyclic) bond motifs is 1. The molecular formula is C15H25N3S. The third kappa shape index (κ3) is 2.59. The van der Waals surface area contributed by atoms with Gasteiger partial charge in [-0.3, -0.25) is 9.80 Å². The number of piperazine rings is 1. The van der Waals surface area contributed by atoms with Crippen LogP contribution >= 0.6 is 11.3 Å². The Morgan fingerprint density at radius 2 is 2.21 bits per heavy atom. The predicted molar refractivity (Wildman–Crippen MR) is 81.6 cm³/mol. The van der Waals surface area contributed by atoms with Gasteiger partial charge in [0, 0.05) is 36.6 Å². The normalized spacial score (nSPS) is 28.3. The molecule has 0 amide bonds. The lowest BCUT2D eigenvalue weighted by Crippen LogP contribution is -2.53. The van der Waals surface area contributed by atoms with Crippen LogP contribution in [0.1, 0.15) is 36.2 Å². The fraction of sp³-hybridized carbons (Fsp3) is 0.733. The zero-order valence-corrected chi connectivity index (χ0v) is 12.8. The maximum absolute atomic E-state index is 6.32. The molecule has 4 heteroatoms. The summed E-state index contributed by atoms with van der Waals surface area (Å²) in [6, 6.07) is 3.60. The van der Waals surface area contributed by atoms with Gasteiger partial charge in [0.15, 0.2) is 0 Å². The monoisotopic (exact) mass is 279 g/mol. The number of nitrogens with zero attached hydrogens (tertiary/aromatic N) is 2. The zero-order valence-electron chi connectivity index (χ0n) is 12.0. The first-order chi connectivity index (χ1) is 9.16. The van der Waals surface area contributed by atoms with Gasteiger partial charge < -0.3 is 5.73 Å². The molecule has 106 valence electrons. The molecule has 0 bridgehead atoms. The molecule has 2 aliphatic rings. The summed E-state index contributed by atoms with van der Waals surface area (Å²) in [7, 11) is 0. The van der Waals surface area contributed by atoms with Crippen LogP contribution in [0.4, 0.5) is 0 Å². The summed E-state index contributed by atoms with van der Waals surface area (Å²) < 4.78 is 0. The van der Waals surface area contributed by atoms with E-state index in [1.807, 2.05) is 11.3 Å². The molecule has 1 aromatic heterocycles. The first kappa shape index (κ1) is 13.6. The van der Waals surface area contributed by atoms with Crippen LogP contribution in [0.3, 0.4) is 0 Å². The average Bonchev–Trinajstić information content (AvgIpc) is 2.98. The van der Waals surface area contributed by atoms with Gasteiger partial charge in [-0.15, -0.1) is 11.3 Å². The van der Waals surface area contributed by atoms with Crippen molar-refractivity contribution in [3.63, 3.8) is 0 Å². The minimum absolute atomic E-state index is 0.199. The highest BCUT2D eigenvalue weighted by Crippen LogP contribution is 2.33. The highest BCUT2D eigenvalue weighted by molar-refractivity contribution is 7.10. The van der Waals surface area contributed by atoms with Gasteiger partial charge in [-0.25, -0.2) is 0 Å². The summed E-state index contributed by atoms with van der Waals surface area (Å²) in [6.45, 7) is 9.26. The molecule has 0 aliphatic carbocycles. The van der Waals surface area contributed by atoms with Gasteiger partial charge in [-0.1, -0.05) is 0 Å². The molecule has 0 spiro atoms. The molecule has 0 radical (unpaired) electrons. The van der Waals surface area contributed by atoms with Crippen LogP contribution < -0.4 is 5.73 Å². The summed E-state index contributed by atoms with van der Waals surface area (Å²) in [5.41, 5.74) is 7.72. The van der Waals surface area contributed by atoms with Crippen LogP contribution in [0.5, 0.6) is 0 Å². The van der Waals surface area contributed by atoms with Crippen molar-refractivity contribution in [2.45, 2.75) is 44.8 Å². The third-order valence-corrected chi connectivity index (χ3v) is 5.77. The Kier molecular flexibility index (Phi) is 3.94. The molecule has 2 fully saturated rings. The Labute approximate surface area is 120 Å². The van der Waals surface area contributed by atoms with Crippen LogP contribution in [-0.4, -0.2) is 48.1 Å². The summed E-state index contributed by atoms with van der Waals surface area (Å²) >= 11 is 1.87. The van der Waals surface area contributed by atoms with E-state index in [0.29, 0.717) is 6.04 Å². The number of hydrogen-bond acceptors (Lipinski definition) is 4. The number of aryl methyl sites for hydroxylation is 1. The van der Waals surface area contributed by atoms with Crippen molar-refractivity contribution in [3.8, 4) is 0 Å². The van der Waals surface area contributed by atoms with Gasteiger partial charge in [0.05, 0.1) is 6.04 Å². The molecule has 0 aromatic carbocycles. The summed E-state index contributed by atoms with van der Waals surface area (Å²) in [5, 5.41) is 2.20. The largest absolute Gasteiger partial charge is 0.326 e. The van der Waals surface area contributed by atoms with Crippen LogP contribution in [0.2, 0.25) is 0 Å². The highest BCUT2D eigenvalue weighted by Gasteiger charge is 2.35. The summed E-state index contributed by atoms with van der Waals surface area (Å²) in [5.74, 6) is 0. The highest BCUT2D eigenvalue weighted by atomic mass is 32.1. The third-order valence-electron chi connectivity index (χ3n) is 4.68. The minimum atomic E-state index is 0.199. The Morgan fingerprint density at radius 3 is 2.89 bits per heavy atom. The van der Waals surface area contributed by atoms with Crippen molar-refractivity contribution in [2.24, 2.45) is 5.73 Å². The van der Waals surface area contributed by atoms with Gasteiger partial charge in [-0.05, 0) is 50.2 Å². The van der Waals surface area contributed by atoms with Crippen LogP contribution in [0.15, 0.2) is 11.4 Å². The van der Waals surface area contributed by atoms with E-state index >= 15 is 0 Å². The maximum atomic E-state index is 6.32. The summed E-state index contributed by atoms with van der Waals surface area (Å²) in [4.78, 5) is 6.77. The Morgan fingerprint density at radius 1 is 1.37 bits per heavy atom. The van der Waals surface area contributed by atoms with E-state index in [0.717, 1.165) is 6.04 Å². The number of hydrogen-bond donors (Lipinski definition) is 1. The quantitative estimate of drug-likeness (QED) is 0.921. The van der Waals surface area contributed by atoms with Gasteiger partial charge in [0.2, 0.25) is 0 Å². The van der Waals surface area contributed by atoms with Crippen molar-refractivity contribution >= 4 is 11.3 Å². The van der Waals surface area contributed by atoms with Gasteiger partial charge >= 0.3 is 0 Å². The van der Waals surface area contributed by atoms with Crippen molar-refractivity contribution in [1.82, 2.24) is 9.80 Å². The fourth-order valence-corrected chi connectivity index (χ4v) is 4.87. The molecule has 0 saturated carbocycles. The van der Waals surface area contributed by atoms with E-state index in [1.54, 1.807) is 0 Å². The standard InChI is InChI=1S/C15H25N3S/c1-11-5-9-19-15(11)14(12(2)16)18-8-7-17-6-3-4-13(17)10-18/h5,9,12-14H,3-4,6-8,10,16H2,1-2H3. The van der Waals surface area contributed by atoms with Gasteiger partial charge in [0.1, 0.15) is 0 Å². The molecule has 2 saturated heterocycles. The number of rotatable bonds is 3. The Hall–Kier alpha value is -0.420. The van der Waals surface area contributed by atoms with E-state index in [2.05, 4.69) is 35.1 Å². The number of thiophene rings is 1. The van der Waals surface area contributed by atoms with Crippen LogP contribution in [0, 0.1) is 6.92 Å². The molecule has 2 N–H and O–H groups in total. The van der Waals surface area contributed by atoms with Gasteiger partial charge in [0.25, 0.3) is 0 Å². The average molecular weight is 279 g/mol. The molecule has 3 nitrogen and oxygen atoms in total. The molecule has 3 unspecified atom stereocenters. The second kappa shape index (κ2) is 5.52. The molecule has 1 aromatic rings. The molecule has 3 heterocycles. The molecular weight excluding hydrogens is 254 g/mol. The molecule has 19 heavy (non-hydrogen) atoms. The molecule has 3 rings (SSSR count). The fourth-order valence-electron chi connectivity index (χ4n) is 3.69. The van der Waals surface area contributed by atoms with Crippen molar-refractivity contribution in [2.75, 3.05) is 26.2 Å². The van der Waals surface area contributed by atoms with Crippen LogP contribution in [0.25, 0.3) is 0 Å². The van der Waals surface area contributed by atoms with Crippen molar-refractivity contribution in [3.05, 3.63) is 21.9 Å². The van der Waals surface area contributed by atoms with Crippen molar-refractivity contribution in [1.29, 1.82) is 0 Å². The van der Waals surface area contributed by atoms with E-state index in [1.165, 1.54) is 49.5 Å². The van der Waals surface area contributed by atoms with E-state index < -0.39 is 0 Å². The van der Waals surface area contributed by atoms with E-state index in [9.17, 15) is 0 Å². The molecule has 2 aliphatic heterocycles. The Balaban J connectivity index is 1.79. The lowest BCUT2D eigenvalue weighted by atomic mass is 10.0. The minimum Gasteiger partial charge on any atom is -0.326 e. The SMILES string of the molecule is Cc1ccsc1C(C(C)N)N1CCN2CCCC2C1. The first-order valence-electron chi connectivity index (χ1n) is 7.44. The second-order valence-corrected chi connectivity index (χ2v) is 7.05. The number of nitrogens with two attached hydrogens (primary N) is 1. The predicted octanol–water partition coefficient (Wildman–Crippen LogP) is 2.22. The van der Waals surface area contributed by atoms with E-state index in [-0.39, 0.29) is 6.04 Å². The zero-order chi connectivity index (χ0) is 13.4. The smallest absolute Gasteiger partial charge is 0.0594 e. The topological polar surface area (TPSA) is 32.5 Å². The first-order valence-corrected chi connectivity index (χ1v) is 8.32. The second-order valence-electron chi connectivity index (χ2n) is 6.10. The van der Waals surface area contributed by atoms with E-state index in [4.69, 9.17) is 5.73 Å². The van der Waals surface area contributed by atoms with Gasteiger partial charge in [-0.2, -0.15) is 0 Å². The molecule has 3 atom stereocenters. The lowest BCUT2D eigenvalue weighted by molar-refractivity contribution is 0.0646. The van der Waals surface area contributed by atoms with Crippen LogP contribution in [-0.2, 0) is 0 Å². The Bertz CT molecular complexity index is 429. The maximum Gasteiger partial charge on any atom is 0.0594 e. The van der Waals surface area contributed by atoms with Crippen molar-refractivity contribution < 1.29 is 0 Å². The summed E-state index contributed by atoms with van der Waals surface area (Å²) in [6.07, 6.45) is 2.74. The lowest BCUT2D eigenvalue weighted by Gasteiger charge is -2.43.